The van der Waals surface area contributed by atoms with Crippen molar-refractivity contribution in [1.82, 2.24) is 0 Å². The maximum Gasteiger partial charge on any atom is 0.341 e. The number of carbonyl (C=O) groups is 1. The van der Waals surface area contributed by atoms with Gasteiger partial charge >= 0.3 is 5.97 Å². The van der Waals surface area contributed by atoms with Crippen LogP contribution in [0.15, 0.2) is 36.4 Å². The lowest BCUT2D eigenvalue weighted by atomic mass is 10.0. The monoisotopic (exact) mass is 318 g/mol. The van der Waals surface area contributed by atoms with E-state index < -0.39 is 5.97 Å². The van der Waals surface area contributed by atoms with Gasteiger partial charge in [-0.1, -0.05) is 70.6 Å². The molecular formula is C20H30O3. The third-order valence-electron chi connectivity index (χ3n) is 3.93. The van der Waals surface area contributed by atoms with Gasteiger partial charge in [0.15, 0.2) is 0 Å². The van der Waals surface area contributed by atoms with E-state index in [-0.39, 0.29) is 12.2 Å². The summed E-state index contributed by atoms with van der Waals surface area (Å²) in [5.41, 5.74) is 1.32. The van der Waals surface area contributed by atoms with Crippen molar-refractivity contribution < 1.29 is 14.6 Å². The van der Waals surface area contributed by atoms with E-state index >= 15 is 0 Å². The van der Waals surface area contributed by atoms with Gasteiger partial charge in [0.05, 0.1) is 12.2 Å². The largest absolute Gasteiger partial charge is 0.423 e. The summed E-state index contributed by atoms with van der Waals surface area (Å²) in [4.78, 5) is 11.5. The van der Waals surface area contributed by atoms with Crippen LogP contribution in [0.4, 0.5) is 0 Å². The Bertz CT molecular complexity index is 462. The smallest absolute Gasteiger partial charge is 0.341 e. The van der Waals surface area contributed by atoms with E-state index in [0.717, 1.165) is 6.42 Å². The summed E-state index contributed by atoms with van der Waals surface area (Å²) < 4.78 is 5.11. The van der Waals surface area contributed by atoms with E-state index in [1.54, 1.807) is 12.1 Å². The first kappa shape index (κ1) is 19.4. The first-order chi connectivity index (χ1) is 11.2. The number of aryl methyl sites for hydroxylation is 1. The molecule has 0 spiro atoms. The van der Waals surface area contributed by atoms with Gasteiger partial charge < -0.3 is 9.84 Å². The number of esters is 1. The summed E-state index contributed by atoms with van der Waals surface area (Å²) in [6.45, 7) is 5.31. The van der Waals surface area contributed by atoms with Gasteiger partial charge in [0, 0.05) is 0 Å². The summed E-state index contributed by atoms with van der Waals surface area (Å²) in [5, 5.41) is 8.83. The summed E-state index contributed by atoms with van der Waals surface area (Å²) >= 11 is 0. The van der Waals surface area contributed by atoms with Crippen molar-refractivity contribution in [2.24, 2.45) is 0 Å². The Labute approximate surface area is 140 Å². The zero-order chi connectivity index (χ0) is 16.9. The summed E-state index contributed by atoms with van der Waals surface area (Å²) in [6, 6.07) is 7.57. The average Bonchev–Trinajstić information content (AvgIpc) is 2.57. The van der Waals surface area contributed by atoms with E-state index in [4.69, 9.17) is 9.84 Å². The van der Waals surface area contributed by atoms with Crippen LogP contribution in [0.1, 0.15) is 63.9 Å². The molecule has 0 amide bonds. The van der Waals surface area contributed by atoms with Crippen molar-refractivity contribution in [2.75, 3.05) is 6.61 Å². The predicted molar refractivity (Wildman–Crippen MR) is 94.6 cm³/mol. The van der Waals surface area contributed by atoms with Crippen LogP contribution in [-0.4, -0.2) is 17.7 Å². The molecule has 23 heavy (non-hydrogen) atoms. The first-order valence-electron chi connectivity index (χ1n) is 8.77. The van der Waals surface area contributed by atoms with E-state index in [9.17, 15) is 4.79 Å². The summed E-state index contributed by atoms with van der Waals surface area (Å²) in [7, 11) is 0. The number of aliphatic hydroxyl groups excluding tert-OH is 1. The number of benzene rings is 1. The number of unbranched alkanes of at least 4 members (excludes halogenated alkanes) is 7. The number of rotatable bonds is 12. The van der Waals surface area contributed by atoms with Crippen LogP contribution in [-0.2, 0) is 11.2 Å². The fourth-order valence-corrected chi connectivity index (χ4v) is 2.43. The third kappa shape index (κ3) is 8.56. The molecule has 0 heterocycles. The second-order valence-corrected chi connectivity index (χ2v) is 6.02. The van der Waals surface area contributed by atoms with Crippen LogP contribution in [0.2, 0.25) is 0 Å². The minimum absolute atomic E-state index is 0.0630. The van der Waals surface area contributed by atoms with E-state index in [2.05, 4.69) is 13.5 Å². The molecule has 1 N–H and O–H groups in total. The lowest BCUT2D eigenvalue weighted by molar-refractivity contribution is -0.130. The molecule has 0 fully saturated rings. The molecule has 0 aliphatic rings. The van der Waals surface area contributed by atoms with Crippen LogP contribution in [0.3, 0.4) is 0 Å². The fraction of sp³-hybridized carbons (Fsp3) is 0.550. The lowest BCUT2D eigenvalue weighted by Gasteiger charge is -2.06. The topological polar surface area (TPSA) is 46.5 Å². The Morgan fingerprint density at radius 1 is 1.00 bits per heavy atom. The molecule has 0 saturated heterocycles. The highest BCUT2D eigenvalue weighted by Crippen LogP contribution is 2.16. The van der Waals surface area contributed by atoms with Gasteiger partial charge in [0.2, 0.25) is 0 Å². The van der Waals surface area contributed by atoms with Gasteiger partial charge in [-0.15, -0.1) is 0 Å². The van der Waals surface area contributed by atoms with Crippen molar-refractivity contribution in [2.45, 2.75) is 64.7 Å². The normalized spacial score (nSPS) is 10.5. The number of aliphatic hydroxyl groups is 1. The Hall–Kier alpha value is -1.61. The zero-order valence-corrected chi connectivity index (χ0v) is 14.4. The Balaban J connectivity index is 2.19. The number of ether oxygens (including phenoxy) is 1. The molecule has 0 bridgehead atoms. The molecular weight excluding hydrogens is 288 g/mol. The highest BCUT2D eigenvalue weighted by Gasteiger charge is 2.08. The Morgan fingerprint density at radius 2 is 1.57 bits per heavy atom. The fourth-order valence-electron chi connectivity index (χ4n) is 2.43. The summed E-state index contributed by atoms with van der Waals surface area (Å²) in [5.74, 6) is -0.0902. The number of hydrogen-bond donors (Lipinski definition) is 1. The molecule has 0 aromatic heterocycles. The van der Waals surface area contributed by atoms with Gasteiger partial charge in [-0.25, -0.2) is 4.79 Å². The molecule has 1 aromatic carbocycles. The summed E-state index contributed by atoms with van der Waals surface area (Å²) in [6.07, 6.45) is 11.6. The Morgan fingerprint density at radius 3 is 2.13 bits per heavy atom. The molecule has 128 valence electrons. The quantitative estimate of drug-likeness (QED) is 0.260. The molecule has 0 atom stereocenters. The van der Waals surface area contributed by atoms with E-state index in [0.29, 0.717) is 5.75 Å². The maximum atomic E-state index is 11.5. The Kier molecular flexibility index (Phi) is 10.0. The van der Waals surface area contributed by atoms with E-state index in [1.165, 1.54) is 56.9 Å². The average molecular weight is 318 g/mol. The molecule has 3 heteroatoms. The standard InChI is InChI=1S/C20H30O3/c1-3-4-5-6-7-8-9-10-11-18-12-14-19(15-13-18)23-20(22)17(2)16-21/h12-15,21H,2-11,16H2,1H3. The van der Waals surface area contributed by atoms with Crippen molar-refractivity contribution in [3.8, 4) is 5.75 Å². The van der Waals surface area contributed by atoms with Crippen molar-refractivity contribution in [3.05, 3.63) is 42.0 Å². The van der Waals surface area contributed by atoms with Crippen LogP contribution in [0.5, 0.6) is 5.75 Å². The van der Waals surface area contributed by atoms with E-state index in [1.807, 2.05) is 12.1 Å². The van der Waals surface area contributed by atoms with Crippen molar-refractivity contribution in [3.63, 3.8) is 0 Å². The molecule has 3 nitrogen and oxygen atoms in total. The van der Waals surface area contributed by atoms with Gasteiger partial charge in [-0.2, -0.15) is 0 Å². The molecule has 0 aliphatic carbocycles. The first-order valence-corrected chi connectivity index (χ1v) is 8.77. The second kappa shape index (κ2) is 11.9. The molecule has 1 aromatic rings. The van der Waals surface area contributed by atoms with Crippen LogP contribution in [0.25, 0.3) is 0 Å². The maximum absolute atomic E-state index is 11.5. The van der Waals surface area contributed by atoms with Gasteiger partial charge in [-0.3, -0.25) is 0 Å². The number of hydrogen-bond acceptors (Lipinski definition) is 3. The van der Waals surface area contributed by atoms with Gasteiger partial charge in [0.1, 0.15) is 5.75 Å². The SMILES string of the molecule is C=C(CO)C(=O)Oc1ccc(CCCCCCCCCC)cc1. The highest BCUT2D eigenvalue weighted by molar-refractivity contribution is 5.89. The molecule has 0 aliphatic heterocycles. The number of carbonyl (C=O) groups excluding carboxylic acids is 1. The zero-order valence-electron chi connectivity index (χ0n) is 14.4. The molecule has 1 rings (SSSR count). The van der Waals surface area contributed by atoms with Crippen LogP contribution < -0.4 is 4.74 Å². The minimum Gasteiger partial charge on any atom is -0.423 e. The molecule has 0 saturated carbocycles. The lowest BCUT2D eigenvalue weighted by Crippen LogP contribution is -2.12. The van der Waals surface area contributed by atoms with Crippen LogP contribution in [0, 0.1) is 0 Å². The predicted octanol–water partition coefficient (Wildman–Crippen LogP) is 4.82. The third-order valence-corrected chi connectivity index (χ3v) is 3.93. The van der Waals surface area contributed by atoms with Crippen molar-refractivity contribution >= 4 is 5.97 Å². The van der Waals surface area contributed by atoms with Crippen LogP contribution >= 0.6 is 0 Å². The minimum atomic E-state index is -0.580. The molecule has 0 radical (unpaired) electrons. The van der Waals surface area contributed by atoms with Crippen molar-refractivity contribution in [1.29, 1.82) is 0 Å². The van der Waals surface area contributed by atoms with Gasteiger partial charge in [-0.05, 0) is 30.5 Å². The van der Waals surface area contributed by atoms with Gasteiger partial charge in [0.25, 0.3) is 0 Å². The molecule has 0 unspecified atom stereocenters. The second-order valence-electron chi connectivity index (χ2n) is 6.02. The highest BCUT2D eigenvalue weighted by atomic mass is 16.5.